The lowest BCUT2D eigenvalue weighted by Gasteiger charge is -2.26. The lowest BCUT2D eigenvalue weighted by Crippen LogP contribution is -2.36. The number of carbonyl (C=O) groups is 1. The number of aromatic nitrogens is 1. The predicted octanol–water partition coefficient (Wildman–Crippen LogP) is 2.38. The summed E-state index contributed by atoms with van der Waals surface area (Å²) < 4.78 is 5.36. The van der Waals surface area contributed by atoms with Crippen LogP contribution in [0.25, 0.3) is 0 Å². The molecular weight excluding hydrogens is 348 g/mol. The highest BCUT2D eigenvalue weighted by atomic mass is 32.1. The van der Waals surface area contributed by atoms with E-state index in [1.54, 1.807) is 11.3 Å². The van der Waals surface area contributed by atoms with Crippen LogP contribution in [-0.4, -0.2) is 42.9 Å². The minimum Gasteiger partial charge on any atom is -0.378 e. The predicted molar refractivity (Wildman–Crippen MR) is 103 cm³/mol. The summed E-state index contributed by atoms with van der Waals surface area (Å²) in [6, 6.07) is 8.28. The molecule has 7 heteroatoms. The average molecular weight is 370 g/mol. The number of morpholine rings is 1. The second-order valence-electron chi connectivity index (χ2n) is 6.50. The van der Waals surface area contributed by atoms with Crippen molar-refractivity contribution in [3.8, 4) is 0 Å². The molecule has 4 rings (SSSR count). The lowest BCUT2D eigenvalue weighted by atomic mass is 9.90. The molecule has 0 radical (unpaired) electrons. The van der Waals surface area contributed by atoms with Crippen LogP contribution in [0.3, 0.4) is 0 Å². The van der Waals surface area contributed by atoms with Gasteiger partial charge in [-0.05, 0) is 24.8 Å². The minimum absolute atomic E-state index is 0.126. The van der Waals surface area contributed by atoms with E-state index in [0.29, 0.717) is 0 Å². The fraction of sp³-hybridized carbons (Fsp3) is 0.421. The van der Waals surface area contributed by atoms with Gasteiger partial charge in [-0.1, -0.05) is 24.3 Å². The molecule has 0 unspecified atom stereocenters. The highest BCUT2D eigenvalue weighted by molar-refractivity contribution is 7.13. The van der Waals surface area contributed by atoms with Crippen molar-refractivity contribution in [2.45, 2.75) is 25.7 Å². The Hall–Kier alpha value is -2.25. The Labute approximate surface area is 156 Å². The normalized spacial score (nSPS) is 18.6. The van der Waals surface area contributed by atoms with Gasteiger partial charge in [0.1, 0.15) is 0 Å². The van der Waals surface area contributed by atoms with Gasteiger partial charge in [0, 0.05) is 24.0 Å². The molecule has 6 nitrogen and oxygen atoms in total. The van der Waals surface area contributed by atoms with Crippen molar-refractivity contribution in [1.29, 1.82) is 0 Å². The van der Waals surface area contributed by atoms with Gasteiger partial charge in [0.05, 0.1) is 31.0 Å². The number of hydrogen-bond acceptors (Lipinski definition) is 6. The number of benzene rings is 1. The summed E-state index contributed by atoms with van der Waals surface area (Å²) >= 11 is 1.58. The maximum atomic E-state index is 12.3. The SMILES string of the molecule is O=C(Cc1csc(N2CCOCC2)n1)N/N=C1\CCCc2ccccc21. The van der Waals surface area contributed by atoms with Crippen LogP contribution in [0.15, 0.2) is 34.7 Å². The Morgan fingerprint density at radius 1 is 1.27 bits per heavy atom. The number of nitrogens with one attached hydrogen (secondary N) is 1. The highest BCUT2D eigenvalue weighted by Crippen LogP contribution is 2.22. The monoisotopic (exact) mass is 370 g/mol. The summed E-state index contributed by atoms with van der Waals surface area (Å²) in [6.07, 6.45) is 3.29. The van der Waals surface area contributed by atoms with E-state index in [-0.39, 0.29) is 12.3 Å². The van der Waals surface area contributed by atoms with Gasteiger partial charge in [-0.2, -0.15) is 5.10 Å². The average Bonchev–Trinajstić information content (AvgIpc) is 3.15. The first-order valence-corrected chi connectivity index (χ1v) is 9.88. The summed E-state index contributed by atoms with van der Waals surface area (Å²) in [5.41, 5.74) is 6.93. The van der Waals surface area contributed by atoms with E-state index in [4.69, 9.17) is 4.74 Å². The number of nitrogens with zero attached hydrogens (tertiary/aromatic N) is 3. The molecule has 1 aromatic carbocycles. The van der Waals surface area contributed by atoms with Crippen LogP contribution in [0, 0.1) is 0 Å². The number of hydrazone groups is 1. The van der Waals surface area contributed by atoms with E-state index < -0.39 is 0 Å². The van der Waals surface area contributed by atoms with Crippen molar-refractivity contribution in [3.05, 3.63) is 46.5 Å². The summed E-state index contributed by atoms with van der Waals surface area (Å²) in [6.45, 7) is 3.17. The Kier molecular flexibility index (Phi) is 5.26. The smallest absolute Gasteiger partial charge is 0.246 e. The van der Waals surface area contributed by atoms with Crippen molar-refractivity contribution in [3.63, 3.8) is 0 Å². The molecule has 2 aromatic rings. The van der Waals surface area contributed by atoms with Gasteiger partial charge in [0.25, 0.3) is 0 Å². The van der Waals surface area contributed by atoms with Crippen molar-refractivity contribution >= 4 is 28.1 Å². The number of amides is 1. The van der Waals surface area contributed by atoms with E-state index in [1.165, 1.54) is 5.56 Å². The molecule has 0 saturated carbocycles. The van der Waals surface area contributed by atoms with Crippen molar-refractivity contribution in [1.82, 2.24) is 10.4 Å². The number of thiazole rings is 1. The topological polar surface area (TPSA) is 66.8 Å². The van der Waals surface area contributed by atoms with E-state index in [0.717, 1.165) is 67.7 Å². The van der Waals surface area contributed by atoms with Gasteiger partial charge in [-0.3, -0.25) is 4.79 Å². The van der Waals surface area contributed by atoms with Gasteiger partial charge < -0.3 is 9.64 Å². The second kappa shape index (κ2) is 7.97. The molecule has 26 heavy (non-hydrogen) atoms. The third kappa shape index (κ3) is 3.94. The first kappa shape index (κ1) is 17.2. The number of ether oxygens (including phenoxy) is 1. The van der Waals surface area contributed by atoms with Crippen LogP contribution in [0.2, 0.25) is 0 Å². The van der Waals surface area contributed by atoms with E-state index >= 15 is 0 Å². The molecule has 1 fully saturated rings. The van der Waals surface area contributed by atoms with Crippen LogP contribution < -0.4 is 10.3 Å². The van der Waals surface area contributed by atoms with Crippen LogP contribution in [0.5, 0.6) is 0 Å². The number of fused-ring (bicyclic) bond motifs is 1. The number of carbonyl (C=O) groups excluding carboxylic acids is 1. The van der Waals surface area contributed by atoms with Crippen LogP contribution in [-0.2, 0) is 22.4 Å². The van der Waals surface area contributed by atoms with Gasteiger partial charge in [-0.15, -0.1) is 11.3 Å². The van der Waals surface area contributed by atoms with Gasteiger partial charge in [-0.25, -0.2) is 10.4 Å². The zero-order valence-electron chi connectivity index (χ0n) is 14.6. The Morgan fingerprint density at radius 3 is 3.00 bits per heavy atom. The maximum Gasteiger partial charge on any atom is 0.246 e. The van der Waals surface area contributed by atoms with Crippen LogP contribution >= 0.6 is 11.3 Å². The van der Waals surface area contributed by atoms with Crippen LogP contribution in [0.1, 0.15) is 29.7 Å². The molecule has 0 bridgehead atoms. The summed E-state index contributed by atoms with van der Waals surface area (Å²) in [4.78, 5) is 19.1. The molecule has 136 valence electrons. The van der Waals surface area contributed by atoms with Gasteiger partial charge in [0.15, 0.2) is 5.13 Å². The standard InChI is InChI=1S/C19H22N4O2S/c24-18(12-15-13-26-19(20-15)23-8-10-25-11-9-23)22-21-17-7-3-5-14-4-1-2-6-16(14)17/h1-2,4,6,13H,3,5,7-12H2,(H,22,24)/b21-17+. The molecule has 2 aliphatic rings. The molecule has 1 saturated heterocycles. The first-order valence-electron chi connectivity index (χ1n) is 9.00. The summed E-state index contributed by atoms with van der Waals surface area (Å²) in [5.74, 6) is -0.126. The molecule has 1 aliphatic carbocycles. The van der Waals surface area contributed by atoms with E-state index in [1.807, 2.05) is 11.4 Å². The van der Waals surface area contributed by atoms with E-state index in [2.05, 4.69) is 38.6 Å². The van der Waals surface area contributed by atoms with Crippen molar-refractivity contribution < 1.29 is 9.53 Å². The lowest BCUT2D eigenvalue weighted by molar-refractivity contribution is -0.120. The highest BCUT2D eigenvalue weighted by Gasteiger charge is 2.17. The fourth-order valence-electron chi connectivity index (χ4n) is 3.33. The molecule has 1 aromatic heterocycles. The largest absolute Gasteiger partial charge is 0.378 e. The van der Waals surface area contributed by atoms with Crippen molar-refractivity contribution in [2.75, 3.05) is 31.2 Å². The Morgan fingerprint density at radius 2 is 2.12 bits per heavy atom. The number of rotatable bonds is 4. The first-order chi connectivity index (χ1) is 12.8. The molecular formula is C19H22N4O2S. The van der Waals surface area contributed by atoms with Gasteiger partial charge in [0.2, 0.25) is 5.91 Å². The molecule has 0 spiro atoms. The molecule has 0 atom stereocenters. The summed E-state index contributed by atoms with van der Waals surface area (Å²) in [7, 11) is 0. The quantitative estimate of drug-likeness (QED) is 0.839. The minimum atomic E-state index is -0.126. The molecule has 1 aliphatic heterocycles. The molecule has 2 heterocycles. The third-order valence-electron chi connectivity index (χ3n) is 4.67. The number of aryl methyl sites for hydroxylation is 1. The Bertz CT molecular complexity index is 811. The van der Waals surface area contributed by atoms with Crippen molar-refractivity contribution in [2.24, 2.45) is 5.10 Å². The zero-order chi connectivity index (χ0) is 17.8. The summed E-state index contributed by atoms with van der Waals surface area (Å²) in [5, 5.41) is 7.30. The molecule has 1 amide bonds. The number of hydrogen-bond donors (Lipinski definition) is 1. The molecule has 1 N–H and O–H groups in total. The maximum absolute atomic E-state index is 12.3. The Balaban J connectivity index is 1.37. The third-order valence-corrected chi connectivity index (χ3v) is 5.62. The van der Waals surface area contributed by atoms with E-state index in [9.17, 15) is 4.79 Å². The van der Waals surface area contributed by atoms with Crippen LogP contribution in [0.4, 0.5) is 5.13 Å². The zero-order valence-corrected chi connectivity index (χ0v) is 15.4. The van der Waals surface area contributed by atoms with Gasteiger partial charge >= 0.3 is 0 Å². The number of anilines is 1. The fourth-order valence-corrected chi connectivity index (χ4v) is 4.21. The second-order valence-corrected chi connectivity index (χ2v) is 7.34.